The van der Waals surface area contributed by atoms with E-state index in [1.165, 1.54) is 12.1 Å². The Bertz CT molecular complexity index is 954. The van der Waals surface area contributed by atoms with E-state index in [1.807, 2.05) is 36.4 Å². The third-order valence-electron chi connectivity index (χ3n) is 6.54. The average Bonchev–Trinajstić information content (AvgIpc) is 3.33. The van der Waals surface area contributed by atoms with Gasteiger partial charge in [0.15, 0.2) is 0 Å². The smallest absolute Gasteiger partial charge is 0.290 e. The quantitative estimate of drug-likeness (QED) is 0.617. The van der Waals surface area contributed by atoms with Crippen LogP contribution in [0, 0.1) is 23.1 Å². The van der Waals surface area contributed by atoms with E-state index in [0.29, 0.717) is 13.1 Å². The van der Waals surface area contributed by atoms with Gasteiger partial charge in [0.2, 0.25) is 5.78 Å². The van der Waals surface area contributed by atoms with Crippen molar-refractivity contribution in [3.8, 4) is 0 Å². The van der Waals surface area contributed by atoms with Gasteiger partial charge in [-0.15, -0.1) is 0 Å². The molecular formula is C23H20FNO2. The highest BCUT2D eigenvalue weighted by Gasteiger charge is 2.66. The van der Waals surface area contributed by atoms with Gasteiger partial charge in [-0.05, 0) is 41.5 Å². The molecule has 3 nitrogen and oxygen atoms in total. The number of rotatable bonds is 3. The number of likely N-dealkylation sites (tertiary alicyclic amines) is 1. The summed E-state index contributed by atoms with van der Waals surface area (Å²) in [7, 11) is 0. The first kappa shape index (κ1) is 16.4. The summed E-state index contributed by atoms with van der Waals surface area (Å²) in [6, 6.07) is 16.3. The molecule has 1 saturated heterocycles. The summed E-state index contributed by atoms with van der Waals surface area (Å²) in [6.07, 6.45) is 5.10. The number of amides is 1. The van der Waals surface area contributed by atoms with Crippen molar-refractivity contribution in [3.05, 3.63) is 83.7 Å². The van der Waals surface area contributed by atoms with E-state index in [9.17, 15) is 14.0 Å². The molecule has 1 spiro atoms. The minimum absolute atomic E-state index is 0.0491. The van der Waals surface area contributed by atoms with E-state index >= 15 is 0 Å². The van der Waals surface area contributed by atoms with Crippen LogP contribution in [0.4, 0.5) is 4.39 Å². The molecule has 1 heterocycles. The number of carbonyl (C=O) groups excluding carboxylic acids is 2. The highest BCUT2D eigenvalue weighted by Crippen LogP contribution is 2.63. The summed E-state index contributed by atoms with van der Waals surface area (Å²) in [5.41, 5.74) is 1.07. The lowest BCUT2D eigenvalue weighted by molar-refractivity contribution is -0.143. The van der Waals surface area contributed by atoms with Crippen LogP contribution in [-0.4, -0.2) is 23.1 Å². The molecule has 1 aliphatic heterocycles. The van der Waals surface area contributed by atoms with Gasteiger partial charge in [-0.3, -0.25) is 9.59 Å². The number of fused-ring (bicyclic) bond motifs is 3. The van der Waals surface area contributed by atoms with Gasteiger partial charge in [0, 0.05) is 19.0 Å². The Morgan fingerprint density at radius 1 is 1.04 bits per heavy atom. The Morgan fingerprint density at radius 2 is 1.85 bits per heavy atom. The number of benzene rings is 2. The Kier molecular flexibility index (Phi) is 3.58. The molecule has 3 aliphatic rings. The lowest BCUT2D eigenvalue weighted by Crippen LogP contribution is -2.41. The van der Waals surface area contributed by atoms with Gasteiger partial charge in [-0.2, -0.15) is 0 Å². The molecule has 27 heavy (non-hydrogen) atoms. The second-order valence-corrected chi connectivity index (χ2v) is 7.94. The van der Waals surface area contributed by atoms with Gasteiger partial charge in [0.1, 0.15) is 5.82 Å². The van der Waals surface area contributed by atoms with Gasteiger partial charge in [-0.1, -0.05) is 54.6 Å². The van der Waals surface area contributed by atoms with Crippen molar-refractivity contribution < 1.29 is 14.0 Å². The maximum Gasteiger partial charge on any atom is 0.290 e. The molecular weight excluding hydrogens is 341 g/mol. The minimum Gasteiger partial charge on any atom is -0.331 e. The topological polar surface area (TPSA) is 37.4 Å². The standard InChI is InChI=1S/C23H20FNO2/c24-19-8-4-7-16(12-19)20-17-9-10-18(11-17)23(20)14-25(22(27)21(23)26)13-15-5-2-1-3-6-15/h1-10,12,17-18,20H,11,13-14H2/t17-,18+,20-,23-/m1/s1. The summed E-state index contributed by atoms with van der Waals surface area (Å²) >= 11 is 0. The predicted molar refractivity (Wildman–Crippen MR) is 99.2 cm³/mol. The van der Waals surface area contributed by atoms with Crippen LogP contribution in [0.15, 0.2) is 66.7 Å². The van der Waals surface area contributed by atoms with Gasteiger partial charge in [0.05, 0.1) is 5.41 Å². The number of Topliss-reactive ketones (excluding diaryl/α,β-unsaturated/α-hetero) is 1. The predicted octanol–water partition coefficient (Wildman–Crippen LogP) is 3.71. The fourth-order valence-corrected chi connectivity index (χ4v) is 5.47. The van der Waals surface area contributed by atoms with Crippen molar-refractivity contribution >= 4 is 11.7 Å². The molecule has 0 unspecified atom stereocenters. The van der Waals surface area contributed by atoms with E-state index < -0.39 is 11.3 Å². The fourth-order valence-electron chi connectivity index (χ4n) is 5.47. The van der Waals surface area contributed by atoms with Gasteiger partial charge in [-0.25, -0.2) is 4.39 Å². The van der Waals surface area contributed by atoms with E-state index in [-0.39, 0.29) is 29.4 Å². The van der Waals surface area contributed by atoms with Crippen LogP contribution in [0.2, 0.25) is 0 Å². The zero-order valence-corrected chi connectivity index (χ0v) is 14.8. The van der Waals surface area contributed by atoms with Gasteiger partial charge < -0.3 is 4.90 Å². The molecule has 136 valence electrons. The van der Waals surface area contributed by atoms with Crippen LogP contribution in [0.25, 0.3) is 0 Å². The molecule has 2 aromatic rings. The van der Waals surface area contributed by atoms with E-state index in [1.54, 1.807) is 11.0 Å². The van der Waals surface area contributed by atoms with Gasteiger partial charge in [0.25, 0.3) is 5.91 Å². The number of ketones is 1. The first-order valence-corrected chi connectivity index (χ1v) is 9.41. The molecule has 4 atom stereocenters. The summed E-state index contributed by atoms with van der Waals surface area (Å²) in [6.45, 7) is 0.844. The minimum atomic E-state index is -0.765. The van der Waals surface area contributed by atoms with Crippen molar-refractivity contribution in [2.24, 2.45) is 17.3 Å². The van der Waals surface area contributed by atoms with Crippen LogP contribution >= 0.6 is 0 Å². The zero-order valence-electron chi connectivity index (χ0n) is 14.8. The number of hydrogen-bond acceptors (Lipinski definition) is 2. The van der Waals surface area contributed by atoms with Crippen molar-refractivity contribution in [2.45, 2.75) is 18.9 Å². The molecule has 5 rings (SSSR count). The third-order valence-corrected chi connectivity index (χ3v) is 6.54. The van der Waals surface area contributed by atoms with Crippen LogP contribution in [0.5, 0.6) is 0 Å². The number of allylic oxidation sites excluding steroid dienone is 2. The lowest BCUT2D eigenvalue weighted by atomic mass is 9.64. The number of hydrogen-bond donors (Lipinski definition) is 0. The van der Waals surface area contributed by atoms with Crippen LogP contribution in [0.1, 0.15) is 23.5 Å². The average molecular weight is 361 g/mol. The lowest BCUT2D eigenvalue weighted by Gasteiger charge is -2.37. The zero-order chi connectivity index (χ0) is 18.6. The summed E-state index contributed by atoms with van der Waals surface area (Å²) in [4.78, 5) is 27.8. The summed E-state index contributed by atoms with van der Waals surface area (Å²) < 4.78 is 13.9. The van der Waals surface area contributed by atoms with E-state index in [2.05, 4.69) is 12.2 Å². The Morgan fingerprint density at radius 3 is 2.63 bits per heavy atom. The third kappa shape index (κ3) is 2.32. The molecule has 2 aromatic carbocycles. The van der Waals surface area contributed by atoms with Crippen LogP contribution in [0.3, 0.4) is 0 Å². The largest absolute Gasteiger partial charge is 0.331 e. The Balaban J connectivity index is 1.54. The molecule has 2 aliphatic carbocycles. The van der Waals surface area contributed by atoms with E-state index in [0.717, 1.165) is 17.5 Å². The van der Waals surface area contributed by atoms with Crippen molar-refractivity contribution in [1.82, 2.24) is 4.90 Å². The monoisotopic (exact) mass is 361 g/mol. The van der Waals surface area contributed by atoms with Crippen molar-refractivity contribution in [2.75, 3.05) is 6.54 Å². The molecule has 1 saturated carbocycles. The Hall–Kier alpha value is -2.75. The maximum atomic E-state index is 13.9. The maximum absolute atomic E-state index is 13.9. The highest BCUT2D eigenvalue weighted by atomic mass is 19.1. The van der Waals surface area contributed by atoms with Gasteiger partial charge >= 0.3 is 0 Å². The molecule has 4 heteroatoms. The highest BCUT2D eigenvalue weighted by molar-refractivity contribution is 6.40. The SMILES string of the molecule is O=C1C(=O)[C@@]2(CN1Cc1ccccc1)[C@H](c1cccc(F)c1)[C@@H]1C=C[C@H]2C1. The van der Waals surface area contributed by atoms with E-state index in [4.69, 9.17) is 0 Å². The Labute approximate surface area is 157 Å². The summed E-state index contributed by atoms with van der Waals surface area (Å²) in [5.74, 6) is -0.906. The van der Waals surface area contributed by atoms with Crippen molar-refractivity contribution in [3.63, 3.8) is 0 Å². The second kappa shape index (κ2) is 5.88. The molecule has 2 bridgehead atoms. The number of nitrogens with zero attached hydrogens (tertiary/aromatic N) is 1. The van der Waals surface area contributed by atoms with Crippen LogP contribution in [-0.2, 0) is 16.1 Å². The molecule has 0 radical (unpaired) electrons. The number of carbonyl (C=O) groups is 2. The normalized spacial score (nSPS) is 31.4. The van der Waals surface area contributed by atoms with Crippen LogP contribution < -0.4 is 0 Å². The first-order valence-electron chi connectivity index (χ1n) is 9.41. The molecule has 0 N–H and O–H groups in total. The molecule has 0 aromatic heterocycles. The fraction of sp³-hybridized carbons (Fsp3) is 0.304. The van der Waals surface area contributed by atoms with Crippen molar-refractivity contribution in [1.29, 1.82) is 0 Å². The number of halogens is 1. The molecule has 1 amide bonds. The second-order valence-electron chi connectivity index (χ2n) is 7.94. The summed E-state index contributed by atoms with van der Waals surface area (Å²) in [5, 5.41) is 0. The first-order chi connectivity index (χ1) is 13.1. The molecule has 2 fully saturated rings.